The zero-order valence-corrected chi connectivity index (χ0v) is 10.4. The highest BCUT2D eigenvalue weighted by Crippen LogP contribution is 2.40. The molecule has 1 aliphatic heterocycles. The molecular weight excluding hydrogens is 265 g/mol. The lowest BCUT2D eigenvalue weighted by molar-refractivity contribution is 0.116. The van der Waals surface area contributed by atoms with Crippen LogP contribution in [-0.4, -0.2) is 12.1 Å². The summed E-state index contributed by atoms with van der Waals surface area (Å²) < 4.78 is 6.75. The average Bonchev–Trinajstić information content (AvgIpc) is 2.06. The molecule has 0 aliphatic carbocycles. The van der Waals surface area contributed by atoms with Crippen LogP contribution in [0, 0.1) is 0 Å². The summed E-state index contributed by atoms with van der Waals surface area (Å²) in [5, 5.41) is 3.93. The van der Waals surface area contributed by atoms with Gasteiger partial charge in [-0.15, -0.1) is 0 Å². The average molecular weight is 277 g/mol. The van der Waals surface area contributed by atoms with Gasteiger partial charge in [0.1, 0.15) is 5.60 Å². The van der Waals surface area contributed by atoms with Crippen molar-refractivity contribution < 1.29 is 4.74 Å². The van der Waals surface area contributed by atoms with E-state index in [1.807, 2.05) is 26.0 Å². The lowest BCUT2D eigenvalue weighted by Crippen LogP contribution is -2.40. The number of ether oxygens (including phenoxy) is 1. The number of anilines is 1. The maximum absolute atomic E-state index is 6.08. The molecule has 0 spiro atoms. The van der Waals surface area contributed by atoms with E-state index in [0.717, 1.165) is 22.5 Å². The number of halogens is 2. The van der Waals surface area contributed by atoms with Gasteiger partial charge in [-0.05, 0) is 26.0 Å². The van der Waals surface area contributed by atoms with Crippen molar-refractivity contribution in [2.45, 2.75) is 19.4 Å². The summed E-state index contributed by atoms with van der Waals surface area (Å²) in [5.41, 5.74) is 0.744. The molecule has 14 heavy (non-hydrogen) atoms. The quantitative estimate of drug-likeness (QED) is 0.780. The first-order valence-electron chi connectivity index (χ1n) is 4.40. The Morgan fingerprint density at radius 3 is 2.93 bits per heavy atom. The van der Waals surface area contributed by atoms with Crippen LogP contribution in [0.1, 0.15) is 13.8 Å². The van der Waals surface area contributed by atoms with E-state index in [-0.39, 0.29) is 5.60 Å². The SMILES string of the molecule is CC1(C)CNc2cc(Br)cc(Cl)c2O1. The van der Waals surface area contributed by atoms with E-state index in [2.05, 4.69) is 21.2 Å². The predicted molar refractivity (Wildman–Crippen MR) is 62.3 cm³/mol. The fourth-order valence-electron chi connectivity index (χ4n) is 1.42. The molecule has 1 aromatic rings. The van der Waals surface area contributed by atoms with Gasteiger partial charge in [0.15, 0.2) is 5.75 Å². The molecule has 0 saturated heterocycles. The summed E-state index contributed by atoms with van der Waals surface area (Å²) in [6.07, 6.45) is 0. The summed E-state index contributed by atoms with van der Waals surface area (Å²) in [4.78, 5) is 0. The smallest absolute Gasteiger partial charge is 0.161 e. The van der Waals surface area contributed by atoms with Crippen molar-refractivity contribution in [1.82, 2.24) is 0 Å². The van der Waals surface area contributed by atoms with Crippen LogP contribution in [0.25, 0.3) is 0 Å². The third-order valence-corrected chi connectivity index (χ3v) is 2.83. The predicted octanol–water partition coefficient (Wildman–Crippen LogP) is 3.69. The Labute approximate surface area is 96.7 Å². The first kappa shape index (κ1) is 10.1. The Kier molecular flexibility index (Phi) is 2.40. The highest BCUT2D eigenvalue weighted by atomic mass is 79.9. The number of hydrogen-bond acceptors (Lipinski definition) is 2. The molecule has 2 nitrogen and oxygen atoms in total. The van der Waals surface area contributed by atoms with Crippen molar-refractivity contribution in [1.29, 1.82) is 0 Å². The first-order chi connectivity index (χ1) is 6.48. The van der Waals surface area contributed by atoms with Crippen LogP contribution in [0.3, 0.4) is 0 Å². The van der Waals surface area contributed by atoms with Gasteiger partial charge in [-0.3, -0.25) is 0 Å². The van der Waals surface area contributed by atoms with Gasteiger partial charge in [0.05, 0.1) is 17.3 Å². The molecule has 1 aromatic carbocycles. The molecule has 0 saturated carbocycles. The molecule has 0 bridgehead atoms. The lowest BCUT2D eigenvalue weighted by atomic mass is 10.1. The van der Waals surface area contributed by atoms with E-state index in [0.29, 0.717) is 5.02 Å². The van der Waals surface area contributed by atoms with Crippen LogP contribution in [0.4, 0.5) is 5.69 Å². The van der Waals surface area contributed by atoms with E-state index in [4.69, 9.17) is 16.3 Å². The molecule has 2 rings (SSSR count). The number of rotatable bonds is 0. The maximum Gasteiger partial charge on any atom is 0.161 e. The maximum atomic E-state index is 6.08. The Morgan fingerprint density at radius 2 is 2.21 bits per heavy atom. The molecule has 1 heterocycles. The van der Waals surface area contributed by atoms with Crippen molar-refractivity contribution in [3.63, 3.8) is 0 Å². The largest absolute Gasteiger partial charge is 0.482 e. The van der Waals surface area contributed by atoms with Crippen molar-refractivity contribution in [2.75, 3.05) is 11.9 Å². The molecule has 76 valence electrons. The van der Waals surface area contributed by atoms with Crippen molar-refractivity contribution in [2.24, 2.45) is 0 Å². The van der Waals surface area contributed by atoms with Gasteiger partial charge in [-0.25, -0.2) is 0 Å². The minimum absolute atomic E-state index is 0.204. The highest BCUT2D eigenvalue weighted by molar-refractivity contribution is 9.10. The van der Waals surface area contributed by atoms with Crippen LogP contribution in [0.5, 0.6) is 5.75 Å². The van der Waals surface area contributed by atoms with E-state index < -0.39 is 0 Å². The molecule has 0 atom stereocenters. The van der Waals surface area contributed by atoms with E-state index in [1.54, 1.807) is 0 Å². The van der Waals surface area contributed by atoms with Crippen molar-refractivity contribution in [3.05, 3.63) is 21.6 Å². The van der Waals surface area contributed by atoms with Crippen LogP contribution >= 0.6 is 27.5 Å². The van der Waals surface area contributed by atoms with Crippen LogP contribution in [0.2, 0.25) is 5.02 Å². The van der Waals surface area contributed by atoms with Crippen LogP contribution < -0.4 is 10.1 Å². The highest BCUT2D eigenvalue weighted by Gasteiger charge is 2.27. The van der Waals surface area contributed by atoms with E-state index in [9.17, 15) is 0 Å². The summed E-state index contributed by atoms with van der Waals surface area (Å²) in [5.74, 6) is 0.742. The van der Waals surface area contributed by atoms with Gasteiger partial charge in [0.2, 0.25) is 0 Å². The number of benzene rings is 1. The third-order valence-electron chi connectivity index (χ3n) is 2.09. The van der Waals surface area contributed by atoms with Crippen molar-refractivity contribution in [3.8, 4) is 5.75 Å². The zero-order chi connectivity index (χ0) is 10.3. The second-order valence-electron chi connectivity index (χ2n) is 3.98. The summed E-state index contributed by atoms with van der Waals surface area (Å²) in [7, 11) is 0. The minimum atomic E-state index is -0.204. The number of hydrogen-bond donors (Lipinski definition) is 1. The number of nitrogens with one attached hydrogen (secondary N) is 1. The fourth-order valence-corrected chi connectivity index (χ4v) is 2.26. The second-order valence-corrected chi connectivity index (χ2v) is 5.30. The monoisotopic (exact) mass is 275 g/mol. The first-order valence-corrected chi connectivity index (χ1v) is 5.57. The minimum Gasteiger partial charge on any atom is -0.482 e. The summed E-state index contributed by atoms with van der Waals surface area (Å²) in [6, 6.07) is 3.81. The molecule has 0 amide bonds. The Hall–Kier alpha value is -0.410. The Balaban J connectivity index is 2.47. The Bertz CT molecular complexity index is 379. The van der Waals surface area contributed by atoms with Gasteiger partial charge in [0, 0.05) is 4.47 Å². The molecule has 0 fully saturated rings. The van der Waals surface area contributed by atoms with Crippen LogP contribution in [-0.2, 0) is 0 Å². The topological polar surface area (TPSA) is 21.3 Å². The van der Waals surface area contributed by atoms with Gasteiger partial charge < -0.3 is 10.1 Å². The van der Waals surface area contributed by atoms with E-state index >= 15 is 0 Å². The molecule has 4 heteroatoms. The standard InChI is InChI=1S/C10H11BrClNO/c1-10(2)5-13-8-4-6(11)3-7(12)9(8)14-10/h3-4,13H,5H2,1-2H3. The van der Waals surface area contributed by atoms with Gasteiger partial charge >= 0.3 is 0 Å². The molecular formula is C10H11BrClNO. The third kappa shape index (κ3) is 1.84. The molecule has 1 aliphatic rings. The second kappa shape index (κ2) is 3.31. The summed E-state index contributed by atoms with van der Waals surface area (Å²) >= 11 is 9.47. The lowest BCUT2D eigenvalue weighted by Gasteiger charge is -2.34. The fraction of sp³-hybridized carbons (Fsp3) is 0.400. The Morgan fingerprint density at radius 1 is 1.50 bits per heavy atom. The zero-order valence-electron chi connectivity index (χ0n) is 8.03. The summed E-state index contributed by atoms with van der Waals surface area (Å²) in [6.45, 7) is 4.84. The van der Waals surface area contributed by atoms with Crippen molar-refractivity contribution >= 4 is 33.2 Å². The van der Waals surface area contributed by atoms with Gasteiger partial charge in [0.25, 0.3) is 0 Å². The normalized spacial score (nSPS) is 18.0. The molecule has 1 N–H and O–H groups in total. The molecule has 0 radical (unpaired) electrons. The molecule has 0 aromatic heterocycles. The van der Waals surface area contributed by atoms with Crippen LogP contribution in [0.15, 0.2) is 16.6 Å². The molecule has 0 unspecified atom stereocenters. The number of fused-ring (bicyclic) bond motifs is 1. The van der Waals surface area contributed by atoms with Gasteiger partial charge in [-0.2, -0.15) is 0 Å². The van der Waals surface area contributed by atoms with Gasteiger partial charge in [-0.1, -0.05) is 27.5 Å². The van der Waals surface area contributed by atoms with E-state index in [1.165, 1.54) is 0 Å².